The first-order valence-electron chi connectivity index (χ1n) is 9.32. The second kappa shape index (κ2) is 8.10. The average Bonchev–Trinajstić information content (AvgIpc) is 2.99. The van der Waals surface area contributed by atoms with E-state index in [-0.39, 0.29) is 33.0 Å². The van der Waals surface area contributed by atoms with Gasteiger partial charge in [0.05, 0.1) is 21.7 Å². The average molecular weight is 470 g/mol. The summed E-state index contributed by atoms with van der Waals surface area (Å²) in [7, 11) is -2.44. The minimum absolute atomic E-state index is 0.0471. The molecule has 3 amide bonds. The summed E-state index contributed by atoms with van der Waals surface area (Å²) in [4.78, 5) is 38.2. The first-order valence-corrected chi connectivity index (χ1v) is 11.2. The number of nitrogens with zero attached hydrogens (tertiary/aromatic N) is 1. The van der Waals surface area contributed by atoms with Crippen LogP contribution in [0.15, 0.2) is 71.6 Å². The zero-order valence-corrected chi connectivity index (χ0v) is 18.2. The van der Waals surface area contributed by atoms with E-state index in [0.717, 1.165) is 4.90 Å². The van der Waals surface area contributed by atoms with Crippen LogP contribution in [-0.2, 0) is 10.0 Å². The lowest BCUT2D eigenvalue weighted by atomic mass is 10.1. The molecule has 0 atom stereocenters. The Balaban J connectivity index is 1.51. The molecular weight excluding hydrogens is 454 g/mol. The van der Waals surface area contributed by atoms with Gasteiger partial charge in [-0.3, -0.25) is 24.0 Å². The number of carbonyl (C=O) groups excluding carboxylic acids is 3. The van der Waals surface area contributed by atoms with Crippen LogP contribution in [0.5, 0.6) is 0 Å². The lowest BCUT2D eigenvalue weighted by molar-refractivity contribution is 0.0693. The van der Waals surface area contributed by atoms with Gasteiger partial charge in [-0.1, -0.05) is 17.7 Å². The second-order valence-electron chi connectivity index (χ2n) is 6.99. The molecule has 1 aliphatic rings. The van der Waals surface area contributed by atoms with Gasteiger partial charge in [0.2, 0.25) is 0 Å². The monoisotopic (exact) mass is 469 g/mol. The van der Waals surface area contributed by atoms with Gasteiger partial charge in [0, 0.05) is 23.3 Å². The topological polar surface area (TPSA) is 113 Å². The molecule has 162 valence electrons. The van der Waals surface area contributed by atoms with Crippen LogP contribution in [0.1, 0.15) is 31.1 Å². The molecule has 3 aromatic rings. The highest BCUT2D eigenvalue weighted by Gasteiger charge is 2.35. The van der Waals surface area contributed by atoms with E-state index in [0.29, 0.717) is 5.02 Å². The Bertz CT molecular complexity index is 1350. The van der Waals surface area contributed by atoms with E-state index in [4.69, 9.17) is 11.6 Å². The van der Waals surface area contributed by atoms with Gasteiger partial charge in [0.25, 0.3) is 27.7 Å². The first-order chi connectivity index (χ1) is 15.2. The minimum atomic E-state index is -3.82. The summed E-state index contributed by atoms with van der Waals surface area (Å²) in [5, 5.41) is 3.06. The van der Waals surface area contributed by atoms with Gasteiger partial charge < -0.3 is 5.32 Å². The van der Waals surface area contributed by atoms with Crippen LogP contribution in [0.25, 0.3) is 0 Å². The summed E-state index contributed by atoms with van der Waals surface area (Å²) < 4.78 is 27.4. The molecule has 0 spiro atoms. The molecule has 0 unspecified atom stereocenters. The van der Waals surface area contributed by atoms with Crippen molar-refractivity contribution < 1.29 is 22.8 Å². The summed E-state index contributed by atoms with van der Waals surface area (Å²) in [6.07, 6.45) is 0. The van der Waals surface area contributed by atoms with Crippen molar-refractivity contribution >= 4 is 50.7 Å². The lowest BCUT2D eigenvalue weighted by Crippen LogP contribution is -2.24. The number of halogens is 1. The van der Waals surface area contributed by atoms with Gasteiger partial charge in [-0.2, -0.15) is 0 Å². The van der Waals surface area contributed by atoms with E-state index in [2.05, 4.69) is 10.0 Å². The molecule has 8 nitrogen and oxygen atoms in total. The predicted octanol–water partition coefficient (Wildman–Crippen LogP) is 3.62. The van der Waals surface area contributed by atoms with Crippen molar-refractivity contribution in [2.24, 2.45) is 0 Å². The van der Waals surface area contributed by atoms with Crippen LogP contribution in [0.2, 0.25) is 5.02 Å². The number of benzene rings is 3. The number of carbonyl (C=O) groups is 3. The predicted molar refractivity (Wildman–Crippen MR) is 120 cm³/mol. The third-order valence-corrected chi connectivity index (χ3v) is 6.54. The Morgan fingerprint density at radius 3 is 2.22 bits per heavy atom. The fourth-order valence-electron chi connectivity index (χ4n) is 3.22. The smallest absolute Gasteiger partial charge is 0.263 e. The summed E-state index contributed by atoms with van der Waals surface area (Å²) in [6.45, 7) is 0. The molecule has 0 aromatic heterocycles. The van der Waals surface area contributed by atoms with Gasteiger partial charge in [0.15, 0.2) is 0 Å². The third kappa shape index (κ3) is 3.95. The Morgan fingerprint density at radius 1 is 0.906 bits per heavy atom. The summed E-state index contributed by atoms with van der Waals surface area (Å²) in [5.74, 6) is -1.44. The van der Waals surface area contributed by atoms with E-state index in [9.17, 15) is 22.8 Å². The zero-order chi connectivity index (χ0) is 23.0. The normalized spacial score (nSPS) is 13.1. The molecule has 3 aromatic carbocycles. The third-order valence-electron chi connectivity index (χ3n) is 4.89. The van der Waals surface area contributed by atoms with Gasteiger partial charge in [0.1, 0.15) is 0 Å². The number of rotatable bonds is 5. The zero-order valence-electron chi connectivity index (χ0n) is 16.6. The first kappa shape index (κ1) is 21.5. The molecule has 0 radical (unpaired) electrons. The van der Waals surface area contributed by atoms with Crippen LogP contribution >= 0.6 is 11.6 Å². The number of hydrogen-bond donors (Lipinski definition) is 2. The number of sulfonamides is 1. The van der Waals surface area contributed by atoms with Gasteiger partial charge >= 0.3 is 0 Å². The highest BCUT2D eigenvalue weighted by molar-refractivity contribution is 7.92. The number of amides is 3. The number of hydrogen-bond acceptors (Lipinski definition) is 5. The second-order valence-corrected chi connectivity index (χ2v) is 9.11. The molecule has 4 rings (SSSR count). The van der Waals surface area contributed by atoms with Crippen molar-refractivity contribution in [3.8, 4) is 0 Å². The van der Waals surface area contributed by atoms with Crippen molar-refractivity contribution in [1.29, 1.82) is 0 Å². The molecule has 0 saturated carbocycles. The van der Waals surface area contributed by atoms with E-state index in [1.54, 1.807) is 6.07 Å². The molecular formula is C22H16ClN3O5S. The summed E-state index contributed by atoms with van der Waals surface area (Å²) in [5.41, 5.74) is 1.09. The fourth-order valence-corrected chi connectivity index (χ4v) is 4.40. The summed E-state index contributed by atoms with van der Waals surface area (Å²) in [6, 6.07) is 16.1. The van der Waals surface area contributed by atoms with Crippen LogP contribution in [-0.4, -0.2) is 38.1 Å². The Labute approximate surface area is 188 Å². The quantitative estimate of drug-likeness (QED) is 0.554. The highest BCUT2D eigenvalue weighted by atomic mass is 35.5. The lowest BCUT2D eigenvalue weighted by Gasteiger charge is -2.11. The number of nitrogens with one attached hydrogen (secondary N) is 2. The maximum atomic E-state index is 12.7. The van der Waals surface area contributed by atoms with Gasteiger partial charge in [-0.05, 0) is 60.7 Å². The maximum Gasteiger partial charge on any atom is 0.263 e. The van der Waals surface area contributed by atoms with Gasteiger partial charge in [-0.15, -0.1) is 0 Å². The molecule has 0 saturated heterocycles. The minimum Gasteiger partial charge on any atom is -0.321 e. The van der Waals surface area contributed by atoms with Crippen LogP contribution < -0.4 is 10.0 Å². The maximum absolute atomic E-state index is 12.7. The standard InChI is InChI=1S/C22H16ClN3O5S/c1-26-21(28)17-3-2-4-18(19(17)22(26)29)24-20(27)13-5-9-15(10-6-13)25-32(30,31)16-11-7-14(23)8-12-16/h2-12,25H,1H3,(H,24,27). The molecule has 10 heteroatoms. The Kier molecular flexibility index (Phi) is 5.45. The van der Waals surface area contributed by atoms with Crippen LogP contribution in [0.4, 0.5) is 11.4 Å². The molecule has 1 aliphatic heterocycles. The van der Waals surface area contributed by atoms with Crippen molar-refractivity contribution in [1.82, 2.24) is 4.90 Å². The number of imide groups is 1. The van der Waals surface area contributed by atoms with Crippen molar-refractivity contribution in [3.63, 3.8) is 0 Å². The van der Waals surface area contributed by atoms with E-state index >= 15 is 0 Å². The van der Waals surface area contributed by atoms with Crippen molar-refractivity contribution in [3.05, 3.63) is 88.4 Å². The van der Waals surface area contributed by atoms with Crippen LogP contribution in [0, 0.1) is 0 Å². The fraction of sp³-hybridized carbons (Fsp3) is 0.0455. The summed E-state index contributed by atoms with van der Waals surface area (Å²) >= 11 is 5.79. The molecule has 32 heavy (non-hydrogen) atoms. The SMILES string of the molecule is CN1C(=O)c2cccc(NC(=O)c3ccc(NS(=O)(=O)c4ccc(Cl)cc4)cc3)c2C1=O. The van der Waals surface area contributed by atoms with E-state index < -0.39 is 27.7 Å². The highest BCUT2D eigenvalue weighted by Crippen LogP contribution is 2.29. The van der Waals surface area contributed by atoms with E-state index in [1.807, 2.05) is 0 Å². The molecule has 0 bridgehead atoms. The van der Waals surface area contributed by atoms with Crippen molar-refractivity contribution in [2.45, 2.75) is 4.90 Å². The number of fused-ring (bicyclic) bond motifs is 1. The Morgan fingerprint density at radius 2 is 1.56 bits per heavy atom. The largest absolute Gasteiger partial charge is 0.321 e. The molecule has 2 N–H and O–H groups in total. The van der Waals surface area contributed by atoms with E-state index in [1.165, 1.54) is 67.7 Å². The van der Waals surface area contributed by atoms with Crippen LogP contribution in [0.3, 0.4) is 0 Å². The Hall–Kier alpha value is -3.69. The molecule has 0 fully saturated rings. The van der Waals surface area contributed by atoms with Gasteiger partial charge in [-0.25, -0.2) is 8.42 Å². The number of anilines is 2. The molecule has 0 aliphatic carbocycles. The van der Waals surface area contributed by atoms with Crippen molar-refractivity contribution in [2.75, 3.05) is 17.1 Å². The molecule has 1 heterocycles.